The second-order valence-electron chi connectivity index (χ2n) is 2.85. The van der Waals surface area contributed by atoms with E-state index in [1.807, 2.05) is 0 Å². The maximum atomic E-state index is 8.36. The van der Waals surface area contributed by atoms with Crippen molar-refractivity contribution in [2.24, 2.45) is 0 Å². The predicted molar refractivity (Wildman–Crippen MR) is 114 cm³/mol. The van der Waals surface area contributed by atoms with Gasteiger partial charge in [-0.25, -0.2) is 0 Å². The van der Waals surface area contributed by atoms with E-state index < -0.39 is 61.0 Å². The van der Waals surface area contributed by atoms with Crippen molar-refractivity contribution in [3.63, 3.8) is 0 Å². The Morgan fingerprint density at radius 2 is 0.179 bits per heavy atom. The van der Waals surface area contributed by atoms with E-state index in [9.17, 15) is 0 Å². The summed E-state index contributed by atoms with van der Waals surface area (Å²) in [4.78, 5) is 100. The number of rotatable bonds is 0. The van der Waals surface area contributed by atoms with Gasteiger partial charge in [0.25, 0.3) is 61.0 Å². The Morgan fingerprint density at radius 1 is 0.179 bits per heavy atom. The third kappa shape index (κ3) is 15100. The molecule has 0 aromatic carbocycles. The zero-order valence-corrected chi connectivity index (χ0v) is 53.5. The van der Waals surface area contributed by atoms with Crippen molar-refractivity contribution in [1.29, 1.82) is 0 Å². The molecule has 304 valence electrons. The Morgan fingerprint density at radius 3 is 0.179 bits per heavy atom. The molecule has 0 aliphatic carbocycles. The Hall–Kier alpha value is 3.49. The van der Waals surface area contributed by atoms with E-state index in [-0.39, 0.29) is 422 Å². The van der Waals surface area contributed by atoms with Gasteiger partial charge in [-0.2, -0.15) is 0 Å². The summed E-state index contributed by atoms with van der Waals surface area (Å²) >= 11 is 0. The molecule has 0 amide bonds. The molecule has 48 nitrogen and oxygen atoms in total. The van der Waals surface area contributed by atoms with Crippen LogP contribution in [0.15, 0.2) is 0 Å². The normalized spacial score (nSPS) is 5.14. The van der Waals surface area contributed by atoms with Crippen LogP contribution in [-0.4, -0.2) is 124 Å². The molecule has 0 fully saturated rings. The number of hydrogen-bond donors (Lipinski definition) is 12. The zero-order valence-electron chi connectivity index (χ0n) is 36.5. The summed E-state index contributed by atoms with van der Waals surface area (Å²) < 4.78 is 0. The fourth-order valence-corrected chi connectivity index (χ4v) is 0. The van der Waals surface area contributed by atoms with Gasteiger partial charge in [-0.15, -0.1) is 121 Å². The van der Waals surface area contributed by atoms with E-state index in [4.69, 9.17) is 184 Å². The first-order valence-corrected chi connectivity index (χ1v) is 6.78. The maximum absolute atomic E-state index is 8.36. The molecule has 0 bridgehead atoms. The minimum Gasteiger partial charge on any atom is -1.00 e. The molecule has 12 N–H and O–H groups in total. The second-order valence-corrected chi connectivity index (χ2v) is 2.85. The third-order valence-electron chi connectivity index (χ3n) is 0. The molecule has 56 heavy (non-hydrogen) atoms. The van der Waals surface area contributed by atoms with Gasteiger partial charge >= 0.3 is 411 Å². The Bertz CT molecular complexity index is 641. The van der Waals surface area contributed by atoms with Crippen LogP contribution in [-0.2, 0) is 0 Å². The first-order valence-electron chi connectivity index (χ1n) is 6.78. The molecule has 0 aromatic rings. The molecule has 0 rings (SSSR count). The van der Waals surface area contributed by atoms with E-state index in [2.05, 4.69) is 0 Å². The van der Waals surface area contributed by atoms with Gasteiger partial charge in [-0.1, -0.05) is 0 Å². The molecule has 0 aromatic heterocycles. The van der Waals surface area contributed by atoms with E-state index in [0.29, 0.717) is 0 Å². The number of hydrogen-bond acceptors (Lipinski definition) is 24. The van der Waals surface area contributed by atoms with Crippen LogP contribution in [0.3, 0.4) is 0 Å². The fourth-order valence-electron chi connectivity index (χ4n) is 0. The minimum atomic E-state index is -1.50. The standard InChI is InChI=1S/8K.12HNO3.8H/c;;;;;;;;12*2-1(3)4;;;;;;;;/h;;;;;;;;12*(H,2,3,4);;;;;;;;/q8*+1;;;;;;;;;;;;;8*-1. The van der Waals surface area contributed by atoms with Gasteiger partial charge in [0.1, 0.15) is 0 Å². The van der Waals surface area contributed by atoms with Crippen molar-refractivity contribution in [3.05, 3.63) is 121 Å². The van der Waals surface area contributed by atoms with Crippen molar-refractivity contribution in [1.82, 2.24) is 0 Å². The van der Waals surface area contributed by atoms with Crippen molar-refractivity contribution >= 4 is 0 Å². The van der Waals surface area contributed by atoms with E-state index in [1.54, 1.807) is 0 Å². The SMILES string of the molecule is O=[N+]([O-])O.O=[N+]([O-])O.O=[N+]([O-])O.O=[N+]([O-])O.O=[N+]([O-])O.O=[N+]([O-])O.O=[N+]([O-])O.O=[N+]([O-])O.O=[N+]([O-])O.O=[N+]([O-])O.O=[N+]([O-])O.O=[N+]([O-])O.[H-].[H-].[H-].[H-].[H-].[H-].[H-].[H-].[K+].[K+].[K+].[K+].[K+].[K+].[K+].[K+]. The zero-order chi connectivity index (χ0) is 42.9. The molecule has 0 aliphatic heterocycles. The van der Waals surface area contributed by atoms with Gasteiger partial charge in [-0.3, -0.25) is 0 Å². The average Bonchev–Trinajstić information content (AvgIpc) is 2.61. The molecule has 0 radical (unpaired) electrons. The van der Waals surface area contributed by atoms with Crippen LogP contribution in [0.5, 0.6) is 0 Å². The molecule has 0 aliphatic rings. The molecule has 0 unspecified atom stereocenters. The summed E-state index contributed by atoms with van der Waals surface area (Å²) in [6, 6.07) is 0. The quantitative estimate of drug-likeness (QED) is 0.0609. The molecule has 0 saturated carbocycles. The van der Waals surface area contributed by atoms with Gasteiger partial charge < -0.3 is 73.9 Å². The monoisotopic (exact) mass is 1080 g/mol. The van der Waals surface area contributed by atoms with Crippen molar-refractivity contribution in [2.75, 3.05) is 0 Å². The first kappa shape index (κ1) is 131. The minimum absolute atomic E-state index is 0. The third-order valence-corrected chi connectivity index (χ3v) is 0. The van der Waals surface area contributed by atoms with Gasteiger partial charge in [0, 0.05) is 0 Å². The Balaban J connectivity index is -0.00000000831. The van der Waals surface area contributed by atoms with Crippen LogP contribution >= 0.6 is 0 Å². The molecule has 0 saturated heterocycles. The van der Waals surface area contributed by atoms with Gasteiger partial charge in [0.2, 0.25) is 0 Å². The van der Waals surface area contributed by atoms with Crippen LogP contribution in [0, 0.1) is 121 Å². The fraction of sp³-hybridized carbons (Fsp3) is 0. The maximum Gasteiger partial charge on any atom is 1.00 e. The van der Waals surface area contributed by atoms with Crippen molar-refractivity contribution < 1.29 is 546 Å². The largest absolute Gasteiger partial charge is 1.00 e. The number of nitrogens with zero attached hydrogens (tertiary/aromatic N) is 12. The van der Waals surface area contributed by atoms with Crippen LogP contribution in [0.25, 0.3) is 0 Å². The smallest absolute Gasteiger partial charge is 1.00 e. The van der Waals surface area contributed by atoms with Gasteiger partial charge in [0.05, 0.1) is 0 Å². The molecule has 0 atom stereocenters. The Labute approximate surface area is 650 Å². The second kappa shape index (κ2) is 124. The molecule has 0 spiro atoms. The predicted octanol–water partition coefficient (Wildman–Crippen LogP) is -27.2. The van der Waals surface area contributed by atoms with Gasteiger partial charge in [0.15, 0.2) is 0 Å². The van der Waals surface area contributed by atoms with Crippen LogP contribution in [0.1, 0.15) is 11.4 Å². The van der Waals surface area contributed by atoms with E-state index >= 15 is 0 Å². The molecule has 0 heterocycles. The summed E-state index contributed by atoms with van der Waals surface area (Å²) in [6.45, 7) is 0. The van der Waals surface area contributed by atoms with Crippen molar-refractivity contribution in [2.45, 2.75) is 0 Å². The molecular weight excluding hydrogens is 1060 g/mol. The molecule has 56 heteroatoms. The van der Waals surface area contributed by atoms with Gasteiger partial charge in [-0.05, 0) is 0 Å². The average molecular weight is 1080 g/mol. The summed E-state index contributed by atoms with van der Waals surface area (Å²) in [7, 11) is 0. The van der Waals surface area contributed by atoms with Crippen molar-refractivity contribution in [3.8, 4) is 0 Å². The molecular formula is H20K8N12O36. The van der Waals surface area contributed by atoms with Crippen LogP contribution in [0.4, 0.5) is 0 Å². The summed E-state index contributed by atoms with van der Waals surface area (Å²) in [6.07, 6.45) is 0. The van der Waals surface area contributed by atoms with Crippen LogP contribution in [0.2, 0.25) is 0 Å². The topological polar surface area (TPSA) is 760 Å². The van der Waals surface area contributed by atoms with E-state index in [1.165, 1.54) is 0 Å². The summed E-state index contributed by atoms with van der Waals surface area (Å²) in [5.41, 5.74) is 0. The first-order chi connectivity index (χ1) is 20.8. The summed E-state index contributed by atoms with van der Waals surface area (Å²) in [5, 5.41) is 164. The Kier molecular flexibility index (Phi) is 289. The summed E-state index contributed by atoms with van der Waals surface area (Å²) in [5.74, 6) is 0. The van der Waals surface area contributed by atoms with Crippen LogP contribution < -0.4 is 411 Å². The van der Waals surface area contributed by atoms with E-state index in [0.717, 1.165) is 0 Å².